The zero-order valence-electron chi connectivity index (χ0n) is 14.5. The van der Waals surface area contributed by atoms with Crippen LogP contribution in [0.2, 0.25) is 10.0 Å². The van der Waals surface area contributed by atoms with E-state index in [1.54, 1.807) is 48.8 Å². The first-order valence-corrected chi connectivity index (χ1v) is 9.87. The fourth-order valence-corrected chi connectivity index (χ4v) is 3.85. The average molecular weight is 436 g/mol. The Bertz CT molecular complexity index is 951. The Morgan fingerprint density at radius 3 is 2.79 bits per heavy atom. The molecular formula is C19H15Cl2N3O3S. The van der Waals surface area contributed by atoms with Gasteiger partial charge in [-0.1, -0.05) is 35.3 Å². The zero-order chi connectivity index (χ0) is 20.1. The van der Waals surface area contributed by atoms with Gasteiger partial charge in [0.15, 0.2) is 0 Å². The number of hydrogen-bond acceptors (Lipinski definition) is 5. The molecule has 0 radical (unpaired) electrons. The summed E-state index contributed by atoms with van der Waals surface area (Å²) in [5, 5.41) is 3.23. The summed E-state index contributed by atoms with van der Waals surface area (Å²) in [4.78, 5) is 42.0. The fraction of sp³-hybridized carbons (Fsp3) is 0.158. The van der Waals surface area contributed by atoms with Crippen LogP contribution in [0.15, 0.2) is 47.6 Å². The average Bonchev–Trinajstić information content (AvgIpc) is 2.92. The van der Waals surface area contributed by atoms with Crippen LogP contribution in [-0.4, -0.2) is 40.0 Å². The van der Waals surface area contributed by atoms with Gasteiger partial charge in [0.05, 0.1) is 11.3 Å². The molecule has 0 bridgehead atoms. The first kappa shape index (κ1) is 20.4. The van der Waals surface area contributed by atoms with Crippen molar-refractivity contribution in [3.05, 3.63) is 68.8 Å². The number of nitrogens with one attached hydrogen (secondary N) is 1. The van der Waals surface area contributed by atoms with Crippen molar-refractivity contribution in [3.8, 4) is 0 Å². The predicted octanol–water partition coefficient (Wildman–Crippen LogP) is 3.78. The Morgan fingerprint density at radius 2 is 2.07 bits per heavy atom. The van der Waals surface area contributed by atoms with Crippen molar-refractivity contribution in [2.75, 3.05) is 13.1 Å². The topological polar surface area (TPSA) is 79.4 Å². The van der Waals surface area contributed by atoms with Crippen molar-refractivity contribution < 1.29 is 14.4 Å². The van der Waals surface area contributed by atoms with E-state index in [0.29, 0.717) is 20.5 Å². The van der Waals surface area contributed by atoms with Crippen LogP contribution in [0.4, 0.5) is 4.79 Å². The second-order valence-electron chi connectivity index (χ2n) is 5.88. The number of pyridine rings is 1. The van der Waals surface area contributed by atoms with Crippen LogP contribution >= 0.6 is 35.0 Å². The quantitative estimate of drug-likeness (QED) is 0.698. The van der Waals surface area contributed by atoms with Gasteiger partial charge in [-0.15, -0.1) is 0 Å². The van der Waals surface area contributed by atoms with E-state index in [1.807, 2.05) is 0 Å². The Morgan fingerprint density at radius 1 is 1.25 bits per heavy atom. The summed E-state index contributed by atoms with van der Waals surface area (Å²) in [5.41, 5.74) is 1.38. The molecule has 1 N–H and O–H groups in total. The number of benzene rings is 1. The zero-order valence-corrected chi connectivity index (χ0v) is 16.9. The third-order valence-corrected chi connectivity index (χ3v) is 5.37. The van der Waals surface area contributed by atoms with Gasteiger partial charge in [0.1, 0.15) is 0 Å². The third kappa shape index (κ3) is 5.13. The van der Waals surface area contributed by atoms with Gasteiger partial charge in [-0.05, 0) is 47.2 Å². The monoisotopic (exact) mass is 435 g/mol. The van der Waals surface area contributed by atoms with Crippen molar-refractivity contribution >= 4 is 58.1 Å². The normalized spacial score (nSPS) is 15.4. The summed E-state index contributed by atoms with van der Waals surface area (Å²) in [5.74, 6) is -0.643. The number of nitrogens with zero attached hydrogens (tertiary/aromatic N) is 2. The summed E-state index contributed by atoms with van der Waals surface area (Å²) in [6.45, 7) is 0.247. The highest BCUT2D eigenvalue weighted by Gasteiger charge is 2.34. The van der Waals surface area contributed by atoms with E-state index >= 15 is 0 Å². The second-order valence-corrected chi connectivity index (χ2v) is 7.72. The Kier molecular flexibility index (Phi) is 6.72. The van der Waals surface area contributed by atoms with E-state index in [0.717, 1.165) is 22.2 Å². The predicted molar refractivity (Wildman–Crippen MR) is 110 cm³/mol. The third-order valence-electron chi connectivity index (χ3n) is 3.88. The summed E-state index contributed by atoms with van der Waals surface area (Å²) in [7, 11) is 0. The Balaban J connectivity index is 1.53. The second kappa shape index (κ2) is 9.23. The van der Waals surface area contributed by atoms with Crippen molar-refractivity contribution in [1.29, 1.82) is 0 Å². The molecule has 0 unspecified atom stereocenters. The van der Waals surface area contributed by atoms with Gasteiger partial charge >= 0.3 is 0 Å². The highest BCUT2D eigenvalue weighted by atomic mass is 35.5. The molecule has 1 aromatic heterocycles. The van der Waals surface area contributed by atoms with Crippen molar-refractivity contribution in [3.63, 3.8) is 0 Å². The van der Waals surface area contributed by atoms with Gasteiger partial charge in [-0.2, -0.15) is 0 Å². The number of rotatable bonds is 6. The summed E-state index contributed by atoms with van der Waals surface area (Å²) in [6.07, 6.45) is 4.94. The molecule has 2 heterocycles. The SMILES string of the molecule is O=C(Cc1ccc(Cl)cc1Cl)NCCN1C(=O)SC(=Cc2cccnc2)C1=O. The molecule has 144 valence electrons. The van der Waals surface area contributed by atoms with Crippen molar-refractivity contribution in [2.24, 2.45) is 0 Å². The Hall–Kier alpha value is -2.35. The first-order valence-electron chi connectivity index (χ1n) is 8.30. The number of halogens is 2. The number of thioether (sulfide) groups is 1. The first-order chi connectivity index (χ1) is 13.4. The minimum Gasteiger partial charge on any atom is -0.354 e. The molecular weight excluding hydrogens is 421 g/mol. The van der Waals surface area contributed by atoms with Crippen LogP contribution in [0.3, 0.4) is 0 Å². The summed E-state index contributed by atoms with van der Waals surface area (Å²) < 4.78 is 0. The molecule has 3 amide bonds. The molecule has 9 heteroatoms. The maximum Gasteiger partial charge on any atom is 0.293 e. The van der Waals surface area contributed by atoms with Gasteiger partial charge in [0, 0.05) is 35.5 Å². The number of carbonyl (C=O) groups excluding carboxylic acids is 3. The van der Waals surface area contributed by atoms with Gasteiger partial charge < -0.3 is 5.32 Å². The van der Waals surface area contributed by atoms with E-state index in [1.165, 1.54) is 0 Å². The van der Waals surface area contributed by atoms with Gasteiger partial charge in [0.2, 0.25) is 5.91 Å². The molecule has 0 saturated carbocycles. The number of imide groups is 1. The van der Waals surface area contributed by atoms with Crippen LogP contribution in [0.5, 0.6) is 0 Å². The summed E-state index contributed by atoms with van der Waals surface area (Å²) >= 11 is 12.8. The summed E-state index contributed by atoms with van der Waals surface area (Å²) in [6, 6.07) is 8.46. The minimum atomic E-state index is -0.381. The van der Waals surface area contributed by atoms with Crippen molar-refractivity contribution in [2.45, 2.75) is 6.42 Å². The number of carbonyl (C=O) groups is 3. The molecule has 0 aliphatic carbocycles. The lowest BCUT2D eigenvalue weighted by Gasteiger charge is -2.13. The molecule has 0 spiro atoms. The van der Waals surface area contributed by atoms with Crippen molar-refractivity contribution in [1.82, 2.24) is 15.2 Å². The lowest BCUT2D eigenvalue weighted by Crippen LogP contribution is -2.37. The number of amides is 3. The van der Waals surface area contributed by atoms with E-state index in [-0.39, 0.29) is 36.6 Å². The number of hydrogen-bond donors (Lipinski definition) is 1. The van der Waals surface area contributed by atoms with Crippen LogP contribution in [-0.2, 0) is 16.0 Å². The van der Waals surface area contributed by atoms with E-state index in [9.17, 15) is 14.4 Å². The maximum atomic E-state index is 12.4. The molecule has 1 saturated heterocycles. The van der Waals surface area contributed by atoms with E-state index in [4.69, 9.17) is 23.2 Å². The van der Waals surface area contributed by atoms with E-state index in [2.05, 4.69) is 10.3 Å². The molecule has 3 rings (SSSR count). The van der Waals surface area contributed by atoms with Gasteiger partial charge in [0.25, 0.3) is 11.1 Å². The lowest BCUT2D eigenvalue weighted by atomic mass is 10.1. The highest BCUT2D eigenvalue weighted by Crippen LogP contribution is 2.31. The molecule has 1 aliphatic rings. The van der Waals surface area contributed by atoms with Crippen LogP contribution in [0.1, 0.15) is 11.1 Å². The fourth-order valence-electron chi connectivity index (χ4n) is 2.51. The van der Waals surface area contributed by atoms with E-state index < -0.39 is 0 Å². The highest BCUT2D eigenvalue weighted by molar-refractivity contribution is 8.18. The lowest BCUT2D eigenvalue weighted by molar-refractivity contribution is -0.124. The molecule has 1 fully saturated rings. The number of aromatic nitrogens is 1. The van der Waals surface area contributed by atoms with Gasteiger partial charge in [-0.3, -0.25) is 24.3 Å². The van der Waals surface area contributed by atoms with Crippen LogP contribution < -0.4 is 5.32 Å². The van der Waals surface area contributed by atoms with Crippen LogP contribution in [0, 0.1) is 0 Å². The molecule has 28 heavy (non-hydrogen) atoms. The molecule has 6 nitrogen and oxygen atoms in total. The Labute approximate surface area is 175 Å². The van der Waals surface area contributed by atoms with Gasteiger partial charge in [-0.25, -0.2) is 0 Å². The van der Waals surface area contributed by atoms with Crippen LogP contribution in [0.25, 0.3) is 6.08 Å². The largest absolute Gasteiger partial charge is 0.354 e. The molecule has 2 aromatic rings. The molecule has 0 atom stereocenters. The maximum absolute atomic E-state index is 12.4. The smallest absolute Gasteiger partial charge is 0.293 e. The molecule has 1 aliphatic heterocycles. The minimum absolute atomic E-state index is 0.0821. The standard InChI is InChI=1S/C19H15Cl2N3O3S/c20-14-4-3-13(15(21)10-14)9-17(25)23-6-7-24-18(26)16(28-19(24)27)8-12-2-1-5-22-11-12/h1-5,8,10-11H,6-7,9H2,(H,23,25). The molecule has 1 aromatic carbocycles.